The van der Waals surface area contributed by atoms with E-state index in [1.165, 1.54) is 6.07 Å². The Morgan fingerprint density at radius 1 is 1.29 bits per heavy atom. The van der Waals surface area contributed by atoms with Gasteiger partial charge in [-0.3, -0.25) is 0 Å². The van der Waals surface area contributed by atoms with E-state index in [1.807, 2.05) is 0 Å². The minimum atomic E-state index is -4.23. The van der Waals surface area contributed by atoms with Gasteiger partial charge < -0.3 is 9.84 Å². The number of pyridine rings is 1. The summed E-state index contributed by atoms with van der Waals surface area (Å²) in [7, 11) is 0. The topological polar surface area (TPSA) is 59.4 Å². The molecular formula is C14H12F3NO3. The molecule has 0 spiro atoms. The van der Waals surface area contributed by atoms with Crippen molar-refractivity contribution < 1.29 is 27.8 Å². The summed E-state index contributed by atoms with van der Waals surface area (Å²) in [6, 6.07) is 7.91. The van der Waals surface area contributed by atoms with E-state index in [0.29, 0.717) is 10.9 Å². The summed E-state index contributed by atoms with van der Waals surface area (Å²) in [5.41, 5.74) is 0.211. The monoisotopic (exact) mass is 299 g/mol. The van der Waals surface area contributed by atoms with Crippen LogP contribution in [0.4, 0.5) is 13.2 Å². The van der Waals surface area contributed by atoms with Crippen molar-refractivity contribution in [2.45, 2.75) is 19.0 Å². The van der Waals surface area contributed by atoms with Gasteiger partial charge in [0.2, 0.25) is 0 Å². The summed E-state index contributed by atoms with van der Waals surface area (Å²) >= 11 is 0. The first-order chi connectivity index (χ1) is 9.87. The van der Waals surface area contributed by atoms with E-state index in [0.717, 1.165) is 0 Å². The number of halogens is 3. The number of rotatable bonds is 5. The van der Waals surface area contributed by atoms with Gasteiger partial charge in [0.25, 0.3) is 0 Å². The summed E-state index contributed by atoms with van der Waals surface area (Å²) in [4.78, 5) is 14.9. The second-order valence-corrected chi connectivity index (χ2v) is 4.40. The number of alkyl halides is 3. The highest BCUT2D eigenvalue weighted by Crippen LogP contribution is 2.26. The molecule has 0 radical (unpaired) electrons. The fourth-order valence-corrected chi connectivity index (χ4v) is 1.83. The van der Waals surface area contributed by atoms with E-state index in [2.05, 4.69) is 4.98 Å². The van der Waals surface area contributed by atoms with Crippen LogP contribution in [0.3, 0.4) is 0 Å². The van der Waals surface area contributed by atoms with Crippen LogP contribution in [-0.2, 0) is 0 Å². The second kappa shape index (κ2) is 5.99. The van der Waals surface area contributed by atoms with Crippen molar-refractivity contribution in [3.63, 3.8) is 0 Å². The standard InChI is InChI=1S/C14H12F3NO3/c15-14(16,17)6-3-7-21-12-8-11(13(19)20)18-10-5-2-1-4-9(10)12/h1-2,4-5,8H,3,6-7H2,(H,19,20). The van der Waals surface area contributed by atoms with Crippen LogP contribution in [0.15, 0.2) is 30.3 Å². The van der Waals surface area contributed by atoms with Crippen molar-refractivity contribution >= 4 is 16.9 Å². The average molecular weight is 299 g/mol. The Balaban J connectivity index is 2.19. The lowest BCUT2D eigenvalue weighted by Crippen LogP contribution is -2.10. The zero-order chi connectivity index (χ0) is 15.5. The molecule has 0 aliphatic heterocycles. The van der Waals surface area contributed by atoms with E-state index < -0.39 is 18.6 Å². The number of hydrogen-bond donors (Lipinski definition) is 1. The van der Waals surface area contributed by atoms with Gasteiger partial charge in [0.05, 0.1) is 12.1 Å². The summed E-state index contributed by atoms with van der Waals surface area (Å²) in [5.74, 6) is -0.999. The Morgan fingerprint density at radius 2 is 2.00 bits per heavy atom. The van der Waals surface area contributed by atoms with Crippen molar-refractivity contribution in [2.24, 2.45) is 0 Å². The highest BCUT2D eigenvalue weighted by atomic mass is 19.4. The zero-order valence-corrected chi connectivity index (χ0v) is 10.9. The van der Waals surface area contributed by atoms with E-state index >= 15 is 0 Å². The van der Waals surface area contributed by atoms with Crippen LogP contribution in [0.25, 0.3) is 10.9 Å². The quantitative estimate of drug-likeness (QED) is 0.856. The number of nitrogens with zero attached hydrogens (tertiary/aromatic N) is 1. The third-order valence-corrected chi connectivity index (χ3v) is 2.76. The van der Waals surface area contributed by atoms with Crippen LogP contribution in [0.2, 0.25) is 0 Å². The number of carboxylic acids is 1. The van der Waals surface area contributed by atoms with Crippen LogP contribution in [0, 0.1) is 0 Å². The van der Waals surface area contributed by atoms with Crippen LogP contribution in [0.1, 0.15) is 23.3 Å². The predicted octanol–water partition coefficient (Wildman–Crippen LogP) is 3.65. The van der Waals surface area contributed by atoms with E-state index in [4.69, 9.17) is 9.84 Å². The number of aromatic nitrogens is 1. The summed E-state index contributed by atoms with van der Waals surface area (Å²) in [6.45, 7) is -0.146. The van der Waals surface area contributed by atoms with E-state index in [1.54, 1.807) is 24.3 Å². The van der Waals surface area contributed by atoms with Gasteiger partial charge >= 0.3 is 12.1 Å². The fourth-order valence-electron chi connectivity index (χ4n) is 1.83. The molecule has 1 N–H and O–H groups in total. The molecule has 112 valence electrons. The van der Waals surface area contributed by atoms with Gasteiger partial charge in [0.1, 0.15) is 5.75 Å². The third kappa shape index (κ3) is 4.08. The molecule has 0 aliphatic carbocycles. The highest BCUT2D eigenvalue weighted by molar-refractivity contribution is 5.93. The van der Waals surface area contributed by atoms with Crippen LogP contribution in [-0.4, -0.2) is 28.8 Å². The molecule has 0 atom stereocenters. The van der Waals surface area contributed by atoms with Crippen LogP contribution >= 0.6 is 0 Å². The lowest BCUT2D eigenvalue weighted by molar-refractivity contribution is -0.136. The van der Waals surface area contributed by atoms with Crippen molar-refractivity contribution in [3.8, 4) is 5.75 Å². The maximum Gasteiger partial charge on any atom is 0.389 e. The molecule has 1 heterocycles. The molecule has 0 saturated heterocycles. The van der Waals surface area contributed by atoms with E-state index in [9.17, 15) is 18.0 Å². The zero-order valence-electron chi connectivity index (χ0n) is 10.9. The van der Waals surface area contributed by atoms with Gasteiger partial charge in [-0.1, -0.05) is 12.1 Å². The van der Waals surface area contributed by atoms with E-state index in [-0.39, 0.29) is 24.5 Å². The molecule has 0 saturated carbocycles. The van der Waals surface area contributed by atoms with Crippen LogP contribution in [0.5, 0.6) is 5.75 Å². The largest absolute Gasteiger partial charge is 0.493 e. The van der Waals surface area contributed by atoms with Crippen molar-refractivity contribution in [1.29, 1.82) is 0 Å². The van der Waals surface area contributed by atoms with Gasteiger partial charge in [-0.25, -0.2) is 9.78 Å². The van der Waals surface area contributed by atoms with Gasteiger partial charge in [0.15, 0.2) is 5.69 Å². The number of hydrogen-bond acceptors (Lipinski definition) is 3. The molecule has 0 fully saturated rings. The Morgan fingerprint density at radius 3 is 2.67 bits per heavy atom. The molecular weight excluding hydrogens is 287 g/mol. The van der Waals surface area contributed by atoms with Crippen molar-refractivity contribution in [2.75, 3.05) is 6.61 Å². The Bertz CT molecular complexity index is 655. The van der Waals surface area contributed by atoms with Gasteiger partial charge in [-0.2, -0.15) is 13.2 Å². The fraction of sp³-hybridized carbons (Fsp3) is 0.286. The van der Waals surface area contributed by atoms with Gasteiger partial charge in [-0.05, 0) is 18.6 Å². The lowest BCUT2D eigenvalue weighted by atomic mass is 10.2. The number of fused-ring (bicyclic) bond motifs is 1. The summed E-state index contributed by atoms with van der Waals surface area (Å²) < 4.78 is 41.5. The molecule has 7 heteroatoms. The van der Waals surface area contributed by atoms with Crippen LogP contribution < -0.4 is 4.74 Å². The molecule has 2 aromatic rings. The van der Waals surface area contributed by atoms with Gasteiger partial charge in [-0.15, -0.1) is 0 Å². The SMILES string of the molecule is O=C(O)c1cc(OCCCC(F)(F)F)c2ccccc2n1. The Hall–Kier alpha value is -2.31. The molecule has 2 rings (SSSR count). The first-order valence-corrected chi connectivity index (χ1v) is 6.19. The van der Waals surface area contributed by atoms with Gasteiger partial charge in [0, 0.05) is 17.9 Å². The molecule has 21 heavy (non-hydrogen) atoms. The minimum absolute atomic E-state index is 0.146. The number of carboxylic acid groups (broad SMARTS) is 1. The predicted molar refractivity (Wildman–Crippen MR) is 69.5 cm³/mol. The molecule has 4 nitrogen and oxygen atoms in total. The molecule has 0 aliphatic rings. The maximum absolute atomic E-state index is 12.1. The highest BCUT2D eigenvalue weighted by Gasteiger charge is 2.26. The number of carbonyl (C=O) groups is 1. The Labute approximate surface area is 118 Å². The third-order valence-electron chi connectivity index (χ3n) is 2.76. The minimum Gasteiger partial charge on any atom is -0.493 e. The first kappa shape index (κ1) is 15.1. The molecule has 0 bridgehead atoms. The maximum atomic E-state index is 12.1. The van der Waals surface area contributed by atoms with Crippen molar-refractivity contribution in [3.05, 3.63) is 36.0 Å². The van der Waals surface area contributed by atoms with Crippen molar-refractivity contribution in [1.82, 2.24) is 4.98 Å². The normalized spacial score (nSPS) is 11.6. The molecule has 0 unspecified atom stereocenters. The average Bonchev–Trinajstić information content (AvgIpc) is 2.42. The molecule has 1 aromatic heterocycles. The second-order valence-electron chi connectivity index (χ2n) is 4.40. The molecule has 1 aromatic carbocycles. The number of para-hydroxylation sites is 1. The number of aromatic carboxylic acids is 1. The lowest BCUT2D eigenvalue weighted by Gasteiger charge is -2.11. The Kier molecular flexibility index (Phi) is 4.30. The summed E-state index contributed by atoms with van der Waals surface area (Å²) in [6.07, 6.45) is -5.36. The first-order valence-electron chi connectivity index (χ1n) is 6.19. The smallest absolute Gasteiger partial charge is 0.389 e. The summed E-state index contributed by atoms with van der Waals surface area (Å²) in [5, 5.41) is 9.54. The number of benzene rings is 1. The molecule has 0 amide bonds. The number of ether oxygens (including phenoxy) is 1.